The number of hydrogen-bond donors (Lipinski definition) is 0. The molecular formula is C31H35N3O6. The first-order valence-corrected chi connectivity index (χ1v) is 13.4. The summed E-state index contributed by atoms with van der Waals surface area (Å²) in [5, 5.41) is 4.09. The van der Waals surface area contributed by atoms with E-state index in [0.29, 0.717) is 19.6 Å². The van der Waals surface area contributed by atoms with Gasteiger partial charge in [0.2, 0.25) is 0 Å². The first-order chi connectivity index (χ1) is 19.7. The Morgan fingerprint density at radius 1 is 0.875 bits per heavy atom. The molecular weight excluding hydrogens is 510 g/mol. The van der Waals surface area contributed by atoms with Gasteiger partial charge in [-0.3, -0.25) is 4.79 Å². The van der Waals surface area contributed by atoms with Crippen LogP contribution in [0.3, 0.4) is 0 Å². The summed E-state index contributed by atoms with van der Waals surface area (Å²) in [4.78, 5) is 14.9. The summed E-state index contributed by atoms with van der Waals surface area (Å²) in [7, 11) is 1.37. The monoisotopic (exact) mass is 545 g/mol. The van der Waals surface area contributed by atoms with Crippen molar-refractivity contribution >= 4 is 5.97 Å². The average molecular weight is 546 g/mol. The maximum Gasteiger partial charge on any atom is 0.305 e. The first-order valence-electron chi connectivity index (χ1n) is 13.4. The molecule has 0 aliphatic carbocycles. The molecule has 0 spiro atoms. The Bertz CT molecular complexity index is 1210. The molecule has 4 rings (SSSR count). The predicted molar refractivity (Wildman–Crippen MR) is 149 cm³/mol. The standard InChI is InChI=1S/C31H35N3O6/c1-36-28(35)18-17-27-30(40-27)31(39-21-25-15-9-4-10-16-25)29(38-20-24-13-7-3-8-14-24)26(33-34-32)22-37-19-23-11-5-2-6-12-23/h2-16,26-27,29-31H,17-22H2,1H3/t26-,27+,29-,30+,31+/m1/s1. The van der Waals surface area contributed by atoms with Gasteiger partial charge in [0.1, 0.15) is 12.2 Å². The fourth-order valence-electron chi connectivity index (χ4n) is 4.51. The third-order valence-electron chi connectivity index (χ3n) is 6.68. The molecule has 0 bridgehead atoms. The van der Waals surface area contributed by atoms with E-state index in [1.807, 2.05) is 91.0 Å². The Balaban J connectivity index is 1.54. The minimum Gasteiger partial charge on any atom is -0.469 e. The molecule has 0 amide bonds. The van der Waals surface area contributed by atoms with Gasteiger partial charge in [0.25, 0.3) is 0 Å². The Hall–Kier alpha value is -3.72. The molecule has 40 heavy (non-hydrogen) atoms. The van der Waals surface area contributed by atoms with Crippen molar-refractivity contribution in [3.63, 3.8) is 0 Å². The maximum atomic E-state index is 11.7. The average Bonchev–Trinajstić information content (AvgIpc) is 3.78. The highest BCUT2D eigenvalue weighted by molar-refractivity contribution is 5.69. The Kier molecular flexibility index (Phi) is 11.5. The Morgan fingerprint density at radius 3 is 1.98 bits per heavy atom. The van der Waals surface area contributed by atoms with E-state index in [1.54, 1.807) is 0 Å². The van der Waals surface area contributed by atoms with Crippen LogP contribution in [0.1, 0.15) is 29.5 Å². The van der Waals surface area contributed by atoms with Gasteiger partial charge in [-0.05, 0) is 28.6 Å². The zero-order valence-corrected chi connectivity index (χ0v) is 22.6. The maximum absolute atomic E-state index is 11.7. The fourth-order valence-corrected chi connectivity index (χ4v) is 4.51. The number of hydrogen-bond acceptors (Lipinski definition) is 7. The van der Waals surface area contributed by atoms with Crippen molar-refractivity contribution in [2.45, 2.75) is 63.1 Å². The molecule has 210 valence electrons. The van der Waals surface area contributed by atoms with Crippen LogP contribution in [0.4, 0.5) is 0 Å². The van der Waals surface area contributed by atoms with Crippen LogP contribution in [0, 0.1) is 0 Å². The number of esters is 1. The molecule has 1 aliphatic heterocycles. The van der Waals surface area contributed by atoms with Crippen molar-refractivity contribution in [3.8, 4) is 0 Å². The molecule has 1 fully saturated rings. The quantitative estimate of drug-likeness (QED) is 0.0699. The number of benzene rings is 3. The fraction of sp³-hybridized carbons (Fsp3) is 0.387. The van der Waals surface area contributed by atoms with Crippen molar-refractivity contribution in [2.24, 2.45) is 5.11 Å². The highest BCUT2D eigenvalue weighted by Crippen LogP contribution is 2.35. The van der Waals surface area contributed by atoms with Gasteiger partial charge in [0.05, 0.1) is 51.8 Å². The minimum absolute atomic E-state index is 0.128. The Morgan fingerprint density at radius 2 is 1.43 bits per heavy atom. The largest absolute Gasteiger partial charge is 0.469 e. The number of ether oxygens (including phenoxy) is 5. The lowest BCUT2D eigenvalue weighted by atomic mass is 9.99. The lowest BCUT2D eigenvalue weighted by Crippen LogP contribution is -2.46. The molecule has 0 saturated carbocycles. The van der Waals surface area contributed by atoms with Gasteiger partial charge < -0.3 is 23.7 Å². The van der Waals surface area contributed by atoms with Gasteiger partial charge in [-0.2, -0.15) is 0 Å². The van der Waals surface area contributed by atoms with E-state index in [4.69, 9.17) is 23.7 Å². The summed E-state index contributed by atoms with van der Waals surface area (Å²) in [5.74, 6) is -0.297. The van der Waals surface area contributed by atoms with Crippen LogP contribution in [0.25, 0.3) is 10.4 Å². The molecule has 0 unspecified atom stereocenters. The lowest BCUT2D eigenvalue weighted by molar-refractivity contribution is -0.140. The summed E-state index contributed by atoms with van der Waals surface area (Å²) < 4.78 is 29.7. The molecule has 3 aromatic rings. The van der Waals surface area contributed by atoms with Crippen molar-refractivity contribution in [3.05, 3.63) is 118 Å². The molecule has 0 radical (unpaired) electrons. The number of carbonyl (C=O) groups excluding carboxylic acids is 1. The van der Waals surface area contributed by atoms with E-state index < -0.39 is 18.2 Å². The van der Waals surface area contributed by atoms with E-state index >= 15 is 0 Å². The number of rotatable bonds is 17. The van der Waals surface area contributed by atoms with Gasteiger partial charge in [-0.25, -0.2) is 0 Å². The molecule has 1 heterocycles. The molecule has 9 heteroatoms. The SMILES string of the molecule is COC(=O)CC[C@@H]1O[C@@H]1[C@@H](OCc1ccccc1)[C@H](OCc1ccccc1)[C@@H](COCc1ccccc1)N=[N+]=[N-]. The third-order valence-corrected chi connectivity index (χ3v) is 6.68. The highest BCUT2D eigenvalue weighted by atomic mass is 16.6. The second-order valence-corrected chi connectivity index (χ2v) is 9.55. The Labute approximate surface area is 234 Å². The summed E-state index contributed by atoms with van der Waals surface area (Å²) >= 11 is 0. The molecule has 1 aliphatic rings. The smallest absolute Gasteiger partial charge is 0.305 e. The molecule has 0 N–H and O–H groups in total. The summed E-state index contributed by atoms with van der Waals surface area (Å²) in [6.07, 6.45) is -1.09. The van der Waals surface area contributed by atoms with Gasteiger partial charge in [0.15, 0.2) is 0 Å². The van der Waals surface area contributed by atoms with Crippen molar-refractivity contribution in [1.82, 2.24) is 0 Å². The first kappa shape index (κ1) is 29.3. The van der Waals surface area contributed by atoms with E-state index in [9.17, 15) is 10.3 Å². The van der Waals surface area contributed by atoms with Crippen LogP contribution in [0.2, 0.25) is 0 Å². The van der Waals surface area contributed by atoms with Crippen LogP contribution >= 0.6 is 0 Å². The van der Waals surface area contributed by atoms with Gasteiger partial charge in [-0.15, -0.1) is 0 Å². The molecule has 3 aromatic carbocycles. The van der Waals surface area contributed by atoms with Crippen LogP contribution in [0.5, 0.6) is 0 Å². The molecule has 1 saturated heterocycles. The minimum atomic E-state index is -0.691. The zero-order valence-electron chi connectivity index (χ0n) is 22.6. The third kappa shape index (κ3) is 9.19. The zero-order chi connectivity index (χ0) is 28.0. The van der Waals surface area contributed by atoms with E-state index in [1.165, 1.54) is 7.11 Å². The van der Waals surface area contributed by atoms with Crippen molar-refractivity contribution in [2.75, 3.05) is 13.7 Å². The normalized spacial score (nSPS) is 18.2. The molecule has 0 aromatic heterocycles. The van der Waals surface area contributed by atoms with Gasteiger partial charge in [-0.1, -0.05) is 96.1 Å². The predicted octanol–water partition coefficient (Wildman–Crippen LogP) is 5.77. The van der Waals surface area contributed by atoms with Gasteiger partial charge in [0, 0.05) is 11.3 Å². The number of methoxy groups -OCH3 is 1. The number of carbonyl (C=O) groups is 1. The highest BCUT2D eigenvalue weighted by Gasteiger charge is 2.50. The van der Waals surface area contributed by atoms with Crippen LogP contribution in [-0.4, -0.2) is 50.1 Å². The van der Waals surface area contributed by atoms with Crippen LogP contribution in [-0.2, 0) is 48.3 Å². The number of nitrogens with zero attached hydrogens (tertiary/aromatic N) is 3. The van der Waals surface area contributed by atoms with Crippen molar-refractivity contribution < 1.29 is 28.5 Å². The summed E-state index contributed by atoms with van der Waals surface area (Å²) in [5.41, 5.74) is 12.4. The van der Waals surface area contributed by atoms with Crippen molar-refractivity contribution in [1.29, 1.82) is 0 Å². The van der Waals surface area contributed by atoms with Gasteiger partial charge >= 0.3 is 5.97 Å². The number of azide groups is 1. The second-order valence-electron chi connectivity index (χ2n) is 9.55. The summed E-state index contributed by atoms with van der Waals surface area (Å²) in [6.45, 7) is 1.09. The topological polar surface area (TPSA) is 115 Å². The summed E-state index contributed by atoms with van der Waals surface area (Å²) in [6, 6.07) is 28.7. The van der Waals surface area contributed by atoms with Crippen LogP contribution < -0.4 is 0 Å². The second kappa shape index (κ2) is 15.8. The van der Waals surface area contributed by atoms with E-state index in [-0.39, 0.29) is 37.8 Å². The molecule has 9 nitrogen and oxygen atoms in total. The van der Waals surface area contributed by atoms with E-state index in [0.717, 1.165) is 16.7 Å². The van der Waals surface area contributed by atoms with Crippen LogP contribution in [0.15, 0.2) is 96.1 Å². The number of epoxide rings is 1. The lowest BCUT2D eigenvalue weighted by Gasteiger charge is -2.31. The van der Waals surface area contributed by atoms with E-state index in [2.05, 4.69) is 10.0 Å². The molecule has 5 atom stereocenters.